The Morgan fingerprint density at radius 3 is 2.83 bits per heavy atom. The molecule has 0 saturated heterocycles. The lowest BCUT2D eigenvalue weighted by Gasteiger charge is -2.36. The zero-order valence-electron chi connectivity index (χ0n) is 13.3. The highest BCUT2D eigenvalue weighted by Crippen LogP contribution is 2.38. The molecule has 2 heterocycles. The molecule has 0 amide bonds. The average molecular weight is 315 g/mol. The molecule has 1 aliphatic heterocycles. The molecule has 122 valence electrons. The molecule has 2 aromatic rings. The summed E-state index contributed by atoms with van der Waals surface area (Å²) in [6, 6.07) is 5.81. The lowest BCUT2D eigenvalue weighted by Crippen LogP contribution is -2.46. The van der Waals surface area contributed by atoms with Gasteiger partial charge in [0.25, 0.3) is 0 Å². The minimum Gasteiger partial charge on any atom is -0.454 e. The summed E-state index contributed by atoms with van der Waals surface area (Å²) >= 11 is 0. The fraction of sp³-hybridized carbons (Fsp3) is 0.562. The standard InChI is InChI=1S/C16H21N5O2/c1-2-17-16(8-4-3-5-9-16)15-18-19-20-21(15)12-6-7-13-14(10-12)23-11-22-13/h6-7,10,17H,2-5,8-9,11H2,1H3. The lowest BCUT2D eigenvalue weighted by atomic mass is 9.81. The van der Waals surface area contributed by atoms with Crippen LogP contribution in [-0.4, -0.2) is 33.5 Å². The third-order valence-electron chi connectivity index (χ3n) is 4.72. The number of nitrogens with zero attached hydrogens (tertiary/aromatic N) is 4. The van der Waals surface area contributed by atoms with Gasteiger partial charge in [-0.3, -0.25) is 0 Å². The van der Waals surface area contributed by atoms with E-state index < -0.39 is 0 Å². The maximum atomic E-state index is 5.48. The first-order chi connectivity index (χ1) is 11.3. The molecule has 0 bridgehead atoms. The first-order valence-corrected chi connectivity index (χ1v) is 8.26. The van der Waals surface area contributed by atoms with E-state index in [2.05, 4.69) is 27.8 Å². The Hall–Kier alpha value is -2.15. The van der Waals surface area contributed by atoms with Crippen LogP contribution >= 0.6 is 0 Å². The Bertz CT molecular complexity index is 688. The Morgan fingerprint density at radius 2 is 2.00 bits per heavy atom. The fourth-order valence-electron chi connectivity index (χ4n) is 3.65. The number of benzene rings is 1. The summed E-state index contributed by atoms with van der Waals surface area (Å²) in [5.41, 5.74) is 0.754. The molecule has 0 spiro atoms. The molecule has 1 saturated carbocycles. The maximum absolute atomic E-state index is 5.48. The normalized spacial score (nSPS) is 19.0. The molecular formula is C16H21N5O2. The number of ether oxygens (including phenoxy) is 2. The van der Waals surface area contributed by atoms with E-state index >= 15 is 0 Å². The topological polar surface area (TPSA) is 74.1 Å². The van der Waals surface area contributed by atoms with E-state index in [-0.39, 0.29) is 12.3 Å². The van der Waals surface area contributed by atoms with Gasteiger partial charge in [0.2, 0.25) is 6.79 Å². The molecule has 1 aromatic carbocycles. The summed E-state index contributed by atoms with van der Waals surface area (Å²) in [7, 11) is 0. The van der Waals surface area contributed by atoms with E-state index in [0.717, 1.165) is 42.4 Å². The van der Waals surface area contributed by atoms with Gasteiger partial charge in [0.15, 0.2) is 17.3 Å². The van der Waals surface area contributed by atoms with Crippen molar-refractivity contribution in [3.63, 3.8) is 0 Å². The molecule has 1 aliphatic carbocycles. The number of hydrogen-bond acceptors (Lipinski definition) is 6. The Kier molecular flexibility index (Phi) is 3.65. The van der Waals surface area contributed by atoms with Gasteiger partial charge in [-0.15, -0.1) is 5.10 Å². The van der Waals surface area contributed by atoms with Crippen molar-refractivity contribution >= 4 is 0 Å². The first-order valence-electron chi connectivity index (χ1n) is 8.26. The second-order valence-corrected chi connectivity index (χ2v) is 6.12. The van der Waals surface area contributed by atoms with Crippen molar-refractivity contribution in [2.45, 2.75) is 44.6 Å². The second-order valence-electron chi connectivity index (χ2n) is 6.12. The number of nitrogens with one attached hydrogen (secondary N) is 1. The van der Waals surface area contributed by atoms with Gasteiger partial charge in [-0.1, -0.05) is 26.2 Å². The van der Waals surface area contributed by atoms with Crippen LogP contribution in [-0.2, 0) is 5.54 Å². The SMILES string of the molecule is CCNC1(c2nnnn2-c2ccc3c(c2)OCO3)CCCCC1. The molecule has 1 fully saturated rings. The van der Waals surface area contributed by atoms with Crippen LogP contribution in [0, 0.1) is 0 Å². The number of rotatable bonds is 4. The van der Waals surface area contributed by atoms with E-state index in [0.29, 0.717) is 0 Å². The van der Waals surface area contributed by atoms with E-state index in [1.54, 1.807) is 0 Å². The van der Waals surface area contributed by atoms with Crippen LogP contribution < -0.4 is 14.8 Å². The van der Waals surface area contributed by atoms with Crippen molar-refractivity contribution < 1.29 is 9.47 Å². The predicted octanol–water partition coefficient (Wildman–Crippen LogP) is 2.16. The summed E-state index contributed by atoms with van der Waals surface area (Å²) < 4.78 is 12.7. The molecule has 23 heavy (non-hydrogen) atoms. The van der Waals surface area contributed by atoms with Crippen molar-refractivity contribution in [2.24, 2.45) is 0 Å². The summed E-state index contributed by atoms with van der Waals surface area (Å²) in [5.74, 6) is 2.39. The van der Waals surface area contributed by atoms with E-state index in [4.69, 9.17) is 9.47 Å². The van der Waals surface area contributed by atoms with E-state index in [1.807, 2.05) is 22.9 Å². The van der Waals surface area contributed by atoms with Crippen LogP contribution in [0.2, 0.25) is 0 Å². The molecule has 2 aliphatic rings. The molecule has 0 atom stereocenters. The highest BCUT2D eigenvalue weighted by molar-refractivity contribution is 5.50. The summed E-state index contributed by atoms with van der Waals surface area (Å²) in [5, 5.41) is 16.2. The predicted molar refractivity (Wildman–Crippen MR) is 83.7 cm³/mol. The molecule has 0 radical (unpaired) electrons. The van der Waals surface area contributed by atoms with Gasteiger partial charge in [0.05, 0.1) is 11.2 Å². The van der Waals surface area contributed by atoms with Crippen LogP contribution in [0.3, 0.4) is 0 Å². The second kappa shape index (κ2) is 5.81. The van der Waals surface area contributed by atoms with Crippen molar-refractivity contribution in [3.8, 4) is 17.2 Å². The minimum atomic E-state index is -0.146. The van der Waals surface area contributed by atoms with Crippen LogP contribution in [0.4, 0.5) is 0 Å². The van der Waals surface area contributed by atoms with Crippen LogP contribution in [0.5, 0.6) is 11.5 Å². The summed E-state index contributed by atoms with van der Waals surface area (Å²) in [6.07, 6.45) is 5.79. The zero-order valence-corrected chi connectivity index (χ0v) is 13.3. The van der Waals surface area contributed by atoms with Gasteiger partial charge < -0.3 is 14.8 Å². The van der Waals surface area contributed by atoms with Gasteiger partial charge >= 0.3 is 0 Å². The fourth-order valence-corrected chi connectivity index (χ4v) is 3.65. The Morgan fingerprint density at radius 1 is 1.17 bits per heavy atom. The first kappa shape index (κ1) is 14.4. The van der Waals surface area contributed by atoms with Crippen LogP contribution in [0.15, 0.2) is 18.2 Å². The molecule has 0 unspecified atom stereocenters. The van der Waals surface area contributed by atoms with Gasteiger partial charge in [-0.05, 0) is 41.9 Å². The van der Waals surface area contributed by atoms with Gasteiger partial charge in [-0.25, -0.2) is 0 Å². The molecule has 1 aromatic heterocycles. The average Bonchev–Trinajstić information content (AvgIpc) is 3.24. The molecule has 4 rings (SSSR count). The highest BCUT2D eigenvalue weighted by atomic mass is 16.7. The number of tetrazole rings is 1. The minimum absolute atomic E-state index is 0.146. The molecular weight excluding hydrogens is 294 g/mol. The van der Waals surface area contributed by atoms with E-state index in [1.165, 1.54) is 19.3 Å². The summed E-state index contributed by atoms with van der Waals surface area (Å²) in [6.45, 7) is 3.29. The van der Waals surface area contributed by atoms with Crippen molar-refractivity contribution in [1.29, 1.82) is 0 Å². The Labute approximate surface area is 135 Å². The monoisotopic (exact) mass is 315 g/mol. The van der Waals surface area contributed by atoms with E-state index in [9.17, 15) is 0 Å². The summed E-state index contributed by atoms with van der Waals surface area (Å²) in [4.78, 5) is 0. The smallest absolute Gasteiger partial charge is 0.231 e. The quantitative estimate of drug-likeness (QED) is 0.932. The molecule has 1 N–H and O–H groups in total. The number of aromatic nitrogens is 4. The zero-order chi connectivity index (χ0) is 15.7. The van der Waals surface area contributed by atoms with Gasteiger partial charge in [0, 0.05) is 6.07 Å². The third-order valence-corrected chi connectivity index (χ3v) is 4.72. The lowest BCUT2D eigenvalue weighted by molar-refractivity contribution is 0.174. The van der Waals surface area contributed by atoms with Gasteiger partial charge in [0.1, 0.15) is 0 Å². The number of fused-ring (bicyclic) bond motifs is 1. The highest BCUT2D eigenvalue weighted by Gasteiger charge is 2.38. The third kappa shape index (κ3) is 2.45. The van der Waals surface area contributed by atoms with Crippen molar-refractivity contribution in [2.75, 3.05) is 13.3 Å². The molecule has 7 nitrogen and oxygen atoms in total. The maximum Gasteiger partial charge on any atom is 0.231 e. The van der Waals surface area contributed by atoms with Crippen LogP contribution in [0.25, 0.3) is 5.69 Å². The van der Waals surface area contributed by atoms with Gasteiger partial charge in [-0.2, -0.15) is 4.68 Å². The van der Waals surface area contributed by atoms with Crippen molar-refractivity contribution in [3.05, 3.63) is 24.0 Å². The van der Waals surface area contributed by atoms with Crippen LogP contribution in [0.1, 0.15) is 44.9 Å². The molecule has 7 heteroatoms. The Balaban J connectivity index is 1.75. The van der Waals surface area contributed by atoms with Crippen molar-refractivity contribution in [1.82, 2.24) is 25.5 Å². The number of hydrogen-bond donors (Lipinski definition) is 1. The largest absolute Gasteiger partial charge is 0.454 e.